The first-order valence-corrected chi connectivity index (χ1v) is 6.32. The number of fused-ring (bicyclic) bond motifs is 3. The first kappa shape index (κ1) is 12.4. The molecule has 0 fully saturated rings. The van der Waals surface area contributed by atoms with Gasteiger partial charge in [0.15, 0.2) is 5.78 Å². The predicted octanol–water partition coefficient (Wildman–Crippen LogP) is 3.63. The maximum atomic E-state index is 12.1. The van der Waals surface area contributed by atoms with E-state index in [4.69, 9.17) is 9.52 Å². The molecule has 0 amide bonds. The van der Waals surface area contributed by atoms with Crippen molar-refractivity contribution in [3.63, 3.8) is 0 Å². The second-order valence-electron chi connectivity index (χ2n) is 4.60. The average Bonchev–Trinajstić information content (AvgIpc) is 2.83. The molecule has 1 N–H and O–H groups in total. The Morgan fingerprint density at radius 3 is 2.50 bits per heavy atom. The van der Waals surface area contributed by atoms with Crippen molar-refractivity contribution < 1.29 is 19.1 Å². The van der Waals surface area contributed by atoms with Gasteiger partial charge in [0.1, 0.15) is 11.2 Å². The van der Waals surface area contributed by atoms with Crippen molar-refractivity contribution in [3.8, 4) is 0 Å². The van der Waals surface area contributed by atoms with Crippen molar-refractivity contribution >= 4 is 33.7 Å². The Hall–Kier alpha value is -2.62. The molecule has 0 aliphatic rings. The summed E-state index contributed by atoms with van der Waals surface area (Å²) in [5, 5.41) is 10.5. The molecule has 20 heavy (non-hydrogen) atoms. The standard InChI is InChI=1S/C16H12O4/c17-13(8-9-15(18)19)12-6-3-5-11-10-4-1-2-7-14(10)20-16(11)12/h1-7H,8-9H2,(H,18,19). The number of ketones is 1. The summed E-state index contributed by atoms with van der Waals surface area (Å²) in [4.78, 5) is 22.7. The highest BCUT2D eigenvalue weighted by molar-refractivity contribution is 6.13. The van der Waals surface area contributed by atoms with E-state index in [0.717, 1.165) is 16.4 Å². The highest BCUT2D eigenvalue weighted by atomic mass is 16.4. The van der Waals surface area contributed by atoms with Crippen LogP contribution in [0.5, 0.6) is 0 Å². The third kappa shape index (κ3) is 2.05. The zero-order chi connectivity index (χ0) is 14.1. The first-order chi connectivity index (χ1) is 9.66. The van der Waals surface area contributed by atoms with Crippen LogP contribution in [0.3, 0.4) is 0 Å². The third-order valence-corrected chi connectivity index (χ3v) is 3.27. The molecule has 0 spiro atoms. The van der Waals surface area contributed by atoms with Gasteiger partial charge in [0.05, 0.1) is 12.0 Å². The lowest BCUT2D eigenvalue weighted by Gasteiger charge is -2.00. The molecular formula is C16H12O4. The van der Waals surface area contributed by atoms with Crippen LogP contribution in [0, 0.1) is 0 Å². The minimum Gasteiger partial charge on any atom is -0.481 e. The van der Waals surface area contributed by atoms with Crippen molar-refractivity contribution in [1.82, 2.24) is 0 Å². The van der Waals surface area contributed by atoms with Crippen LogP contribution >= 0.6 is 0 Å². The van der Waals surface area contributed by atoms with Gasteiger partial charge in [-0.25, -0.2) is 0 Å². The Balaban J connectivity index is 2.12. The molecule has 4 heteroatoms. The Morgan fingerprint density at radius 2 is 1.70 bits per heavy atom. The molecule has 1 heterocycles. The molecule has 3 rings (SSSR count). The van der Waals surface area contributed by atoms with E-state index in [2.05, 4.69) is 0 Å². The van der Waals surface area contributed by atoms with Crippen LogP contribution in [0.25, 0.3) is 21.9 Å². The maximum Gasteiger partial charge on any atom is 0.303 e. The van der Waals surface area contributed by atoms with Crippen molar-refractivity contribution in [2.45, 2.75) is 12.8 Å². The molecule has 0 atom stereocenters. The van der Waals surface area contributed by atoms with Crippen LogP contribution in [0.15, 0.2) is 46.9 Å². The van der Waals surface area contributed by atoms with Crippen molar-refractivity contribution in [2.75, 3.05) is 0 Å². The Bertz CT molecular complexity index is 814. The maximum absolute atomic E-state index is 12.1. The number of carbonyl (C=O) groups is 2. The lowest BCUT2D eigenvalue weighted by Crippen LogP contribution is -2.03. The van der Waals surface area contributed by atoms with E-state index in [0.29, 0.717) is 11.1 Å². The molecule has 0 saturated heterocycles. The van der Waals surface area contributed by atoms with E-state index in [1.165, 1.54) is 0 Å². The average molecular weight is 268 g/mol. The topological polar surface area (TPSA) is 67.5 Å². The van der Waals surface area contributed by atoms with E-state index in [9.17, 15) is 9.59 Å². The second-order valence-corrected chi connectivity index (χ2v) is 4.60. The zero-order valence-electron chi connectivity index (χ0n) is 10.6. The fourth-order valence-electron chi connectivity index (χ4n) is 2.32. The van der Waals surface area contributed by atoms with Crippen LogP contribution < -0.4 is 0 Å². The number of benzene rings is 2. The normalized spacial score (nSPS) is 11.0. The summed E-state index contributed by atoms with van der Waals surface area (Å²) in [6, 6.07) is 12.9. The summed E-state index contributed by atoms with van der Waals surface area (Å²) >= 11 is 0. The van der Waals surface area contributed by atoms with Gasteiger partial charge >= 0.3 is 5.97 Å². The molecule has 0 aliphatic heterocycles. The fourth-order valence-corrected chi connectivity index (χ4v) is 2.32. The largest absolute Gasteiger partial charge is 0.481 e. The number of carbonyl (C=O) groups excluding carboxylic acids is 1. The van der Waals surface area contributed by atoms with Crippen LogP contribution in [-0.4, -0.2) is 16.9 Å². The fraction of sp³-hybridized carbons (Fsp3) is 0.125. The number of aliphatic carboxylic acids is 1. The zero-order valence-corrected chi connectivity index (χ0v) is 10.6. The Kier molecular flexibility index (Phi) is 2.99. The van der Waals surface area contributed by atoms with Crippen molar-refractivity contribution in [2.24, 2.45) is 0 Å². The summed E-state index contributed by atoms with van der Waals surface area (Å²) in [5.74, 6) is -1.19. The number of rotatable bonds is 4. The van der Waals surface area contributed by atoms with Gasteiger partial charge in [0.25, 0.3) is 0 Å². The van der Waals surface area contributed by atoms with E-state index in [1.54, 1.807) is 12.1 Å². The molecular weight excluding hydrogens is 256 g/mol. The van der Waals surface area contributed by atoms with Crippen molar-refractivity contribution in [3.05, 3.63) is 48.0 Å². The Morgan fingerprint density at radius 1 is 0.950 bits per heavy atom. The highest BCUT2D eigenvalue weighted by Gasteiger charge is 2.16. The molecule has 1 aromatic heterocycles. The van der Waals surface area contributed by atoms with Crippen molar-refractivity contribution in [1.29, 1.82) is 0 Å². The summed E-state index contributed by atoms with van der Waals surface area (Å²) in [6.07, 6.45) is -0.194. The number of hydrogen-bond acceptors (Lipinski definition) is 3. The SMILES string of the molecule is O=C(O)CCC(=O)c1cccc2c1oc1ccccc12. The second kappa shape index (κ2) is 4.81. The minimum atomic E-state index is -0.977. The molecule has 0 unspecified atom stereocenters. The third-order valence-electron chi connectivity index (χ3n) is 3.27. The van der Waals surface area contributed by atoms with Crippen LogP contribution in [0.2, 0.25) is 0 Å². The Labute approximate surface area is 114 Å². The van der Waals surface area contributed by atoms with Crippen LogP contribution in [0.1, 0.15) is 23.2 Å². The molecule has 0 radical (unpaired) electrons. The van der Waals surface area contributed by atoms with Gasteiger partial charge in [-0.1, -0.05) is 30.3 Å². The number of carboxylic acids is 1. The minimum absolute atomic E-state index is 0.0223. The summed E-state index contributed by atoms with van der Waals surface area (Å²) < 4.78 is 5.74. The summed E-state index contributed by atoms with van der Waals surface area (Å²) in [6.45, 7) is 0. The number of para-hydroxylation sites is 2. The molecule has 2 aromatic carbocycles. The van der Waals surface area contributed by atoms with Crippen LogP contribution in [0.4, 0.5) is 0 Å². The molecule has 4 nitrogen and oxygen atoms in total. The first-order valence-electron chi connectivity index (χ1n) is 6.32. The summed E-state index contributed by atoms with van der Waals surface area (Å²) in [7, 11) is 0. The van der Waals surface area contributed by atoms with Gasteiger partial charge in [-0.05, 0) is 12.1 Å². The van der Waals surface area contributed by atoms with E-state index >= 15 is 0 Å². The van der Waals surface area contributed by atoms with Gasteiger partial charge in [-0.2, -0.15) is 0 Å². The lowest BCUT2D eigenvalue weighted by atomic mass is 10.0. The molecule has 0 saturated carbocycles. The van der Waals surface area contributed by atoms with Gasteiger partial charge in [0.2, 0.25) is 0 Å². The van der Waals surface area contributed by atoms with E-state index in [-0.39, 0.29) is 18.6 Å². The number of furan rings is 1. The highest BCUT2D eigenvalue weighted by Crippen LogP contribution is 2.31. The summed E-state index contributed by atoms with van der Waals surface area (Å²) in [5.41, 5.74) is 1.70. The van der Waals surface area contributed by atoms with Gasteiger partial charge in [-0.15, -0.1) is 0 Å². The quantitative estimate of drug-likeness (QED) is 0.733. The van der Waals surface area contributed by atoms with Gasteiger partial charge in [-0.3, -0.25) is 9.59 Å². The van der Waals surface area contributed by atoms with Crippen LogP contribution in [-0.2, 0) is 4.79 Å². The number of hydrogen-bond donors (Lipinski definition) is 1. The van der Waals surface area contributed by atoms with Gasteiger partial charge in [0, 0.05) is 17.2 Å². The molecule has 100 valence electrons. The molecule has 0 aliphatic carbocycles. The number of Topliss-reactive ketones (excluding diaryl/α,β-unsaturated/α-hetero) is 1. The molecule has 3 aromatic rings. The molecule has 0 bridgehead atoms. The monoisotopic (exact) mass is 268 g/mol. The smallest absolute Gasteiger partial charge is 0.303 e. The predicted molar refractivity (Wildman–Crippen MR) is 74.9 cm³/mol. The van der Waals surface area contributed by atoms with E-state index < -0.39 is 5.97 Å². The van der Waals surface area contributed by atoms with Gasteiger partial charge < -0.3 is 9.52 Å². The van der Waals surface area contributed by atoms with E-state index in [1.807, 2.05) is 30.3 Å². The number of carboxylic acid groups (broad SMARTS) is 1. The lowest BCUT2D eigenvalue weighted by molar-refractivity contribution is -0.136.